The lowest BCUT2D eigenvalue weighted by atomic mass is 9.94. The number of piperidine rings is 3. The maximum Gasteiger partial charge on any atom is 0.523 e. The number of likely N-dealkylation sites (tertiary alicyclic amines) is 3. The summed E-state index contributed by atoms with van der Waals surface area (Å²) in [7, 11) is 0.172. The molecule has 1 aliphatic carbocycles. The Kier molecular flexibility index (Phi) is 41.6. The fraction of sp³-hybridized carbons (Fsp3) is 0.927. The molecule has 0 radical (unpaired) electrons. The highest BCUT2D eigenvalue weighted by Gasteiger charge is 2.49. The Bertz CT molecular complexity index is 2030. The molecule has 3 N–H and O–H groups in total. The lowest BCUT2D eigenvalue weighted by molar-refractivity contribution is -0.156. The second-order valence-corrected chi connectivity index (χ2v) is 25.5. The van der Waals surface area contributed by atoms with Gasteiger partial charge in [-0.1, -0.05) is 19.3 Å². The van der Waals surface area contributed by atoms with Gasteiger partial charge >= 0.3 is 52.4 Å². The SMILES string of the molecule is CC(C)(C)OC(=O)N1CCC(=O)CC1.COCCN.COCCN(CC(F)(F)F)C1CCCCC1.COCCN(CC(F)(F)F)C1CCN(C(=O)OC(C)(C)C)CC1.COCCNC1CCN(C(=O)OC(C)(C)C)CC1.O=S(=O)(OCC(F)(F)F)C(F)(F)F. The van der Waals surface area contributed by atoms with Gasteiger partial charge in [-0.3, -0.25) is 18.8 Å². The number of alkyl halides is 12. The van der Waals surface area contributed by atoms with Gasteiger partial charge in [-0.2, -0.15) is 61.1 Å². The second-order valence-electron chi connectivity index (χ2n) is 23.9. The molecule has 0 unspecified atom stereocenters. The fourth-order valence-electron chi connectivity index (χ4n) is 8.40. The molecule has 0 aromatic heterocycles. The van der Waals surface area contributed by atoms with Crippen LogP contribution in [0.3, 0.4) is 0 Å². The standard InChI is InChI=1S/C15H27F3N2O3.C13H26N2O3.C11H20F3NO.C10H17NO3.C3H2F6O3S.C3H9NO/c1-14(2,3)23-13(21)19-7-5-12(6-8-19)20(9-10-22-4)11-15(16,17)18;1-13(2,3)18-12(16)15-8-5-11(6-9-15)14-7-10-17-4;1-16-8-7-15(9-11(12,13)14)10-5-3-2-4-6-10;1-10(2,3)14-9(13)11-6-4-8(12)5-7-11;4-2(5,6)1-12-13(10,11)3(7,8)9;1-5-3-2-4/h12H,5-11H2,1-4H3;11,14H,5-10H2,1-4H3;10H,2-9H2,1H3;4-7H2,1-3H3;1H2;2-4H2,1H3. The zero-order chi connectivity index (χ0) is 69.1. The smallest absolute Gasteiger partial charge is 0.444 e. The van der Waals surface area contributed by atoms with E-state index >= 15 is 0 Å². The van der Waals surface area contributed by atoms with Crippen LogP contribution in [0.5, 0.6) is 0 Å². The van der Waals surface area contributed by atoms with Crippen LogP contribution < -0.4 is 11.1 Å². The number of ether oxygens (including phenoxy) is 7. The summed E-state index contributed by atoms with van der Waals surface area (Å²) >= 11 is 0. The van der Waals surface area contributed by atoms with Gasteiger partial charge in [-0.05, 0) is 101 Å². The third kappa shape index (κ3) is 46.9. The number of ketones is 1. The van der Waals surface area contributed by atoms with E-state index in [0.29, 0.717) is 84.2 Å². The van der Waals surface area contributed by atoms with Gasteiger partial charge in [0.2, 0.25) is 0 Å². The number of nitrogens with two attached hydrogens (primary N) is 1. The number of nitrogens with one attached hydrogen (secondary N) is 1. The van der Waals surface area contributed by atoms with Crippen LogP contribution in [0.25, 0.3) is 0 Å². The Hall–Kier alpha value is -3.77. The van der Waals surface area contributed by atoms with Crippen molar-refractivity contribution in [1.82, 2.24) is 29.8 Å². The third-order valence-corrected chi connectivity index (χ3v) is 13.5. The molecule has 4 fully saturated rings. The van der Waals surface area contributed by atoms with Crippen molar-refractivity contribution in [2.75, 3.05) is 140 Å². The van der Waals surface area contributed by atoms with E-state index < -0.39 is 76.7 Å². The number of Topliss-reactive ketones (excluding diaryl/α,β-unsaturated/α-hetero) is 1. The highest BCUT2D eigenvalue weighted by Crippen LogP contribution is 2.29. The van der Waals surface area contributed by atoms with E-state index in [1.165, 1.54) is 24.0 Å². The van der Waals surface area contributed by atoms with Crippen LogP contribution in [0, 0.1) is 0 Å². The molecule has 3 amide bonds. The van der Waals surface area contributed by atoms with Crippen LogP contribution in [0.4, 0.5) is 67.1 Å². The molecule has 3 heterocycles. The quantitative estimate of drug-likeness (QED) is 0.0427. The number of amides is 3. The summed E-state index contributed by atoms with van der Waals surface area (Å²) < 4.78 is 201. The van der Waals surface area contributed by atoms with Gasteiger partial charge in [-0.15, -0.1) is 0 Å². The Morgan fingerprint density at radius 1 is 0.517 bits per heavy atom. The van der Waals surface area contributed by atoms with E-state index in [-0.39, 0.29) is 43.2 Å². The summed E-state index contributed by atoms with van der Waals surface area (Å²) in [5, 5.41) is 3.43. The third-order valence-electron chi connectivity index (χ3n) is 12.5. The average Bonchev–Trinajstić information content (AvgIpc) is 3.54. The van der Waals surface area contributed by atoms with Crippen molar-refractivity contribution in [1.29, 1.82) is 0 Å². The Morgan fingerprint density at radius 3 is 1.17 bits per heavy atom. The van der Waals surface area contributed by atoms with Crippen LogP contribution in [0.1, 0.15) is 133 Å². The minimum absolute atomic E-state index is 0.0884. The molecular weight excluding hydrogens is 1240 g/mol. The lowest BCUT2D eigenvalue weighted by Crippen LogP contribution is -2.50. The molecule has 0 bridgehead atoms. The van der Waals surface area contributed by atoms with Crippen molar-refractivity contribution < 1.29 is 118 Å². The van der Waals surface area contributed by atoms with Gasteiger partial charge in [0.05, 0.1) is 39.5 Å². The number of hydrogen-bond acceptors (Lipinski definition) is 18. The summed E-state index contributed by atoms with van der Waals surface area (Å²) in [4.78, 5) is 54.1. The lowest BCUT2D eigenvalue weighted by Gasteiger charge is -2.39. The minimum Gasteiger partial charge on any atom is -0.444 e. The summed E-state index contributed by atoms with van der Waals surface area (Å²) in [5.41, 5.74) is -2.27. The van der Waals surface area contributed by atoms with Crippen LogP contribution in [0.2, 0.25) is 0 Å². The van der Waals surface area contributed by atoms with Gasteiger partial charge in [0.1, 0.15) is 22.6 Å². The van der Waals surface area contributed by atoms with Gasteiger partial charge in [0.25, 0.3) is 0 Å². The molecule has 0 atom stereocenters. The molecule has 4 aliphatic rings. The van der Waals surface area contributed by atoms with Crippen LogP contribution in [-0.4, -0.2) is 256 Å². The second kappa shape index (κ2) is 42.5. The first-order valence-electron chi connectivity index (χ1n) is 29.2. The normalized spacial score (nSPS) is 17.1. The van der Waals surface area contributed by atoms with E-state index in [0.717, 1.165) is 71.2 Å². The molecule has 34 heteroatoms. The first-order chi connectivity index (χ1) is 40.7. The molecule has 21 nitrogen and oxygen atoms in total. The molecule has 89 heavy (non-hydrogen) atoms. The highest BCUT2D eigenvalue weighted by molar-refractivity contribution is 7.87. The van der Waals surface area contributed by atoms with E-state index in [9.17, 15) is 80.3 Å². The predicted octanol–water partition coefficient (Wildman–Crippen LogP) is 9.94. The first kappa shape index (κ1) is 87.3. The van der Waals surface area contributed by atoms with Crippen molar-refractivity contribution in [2.24, 2.45) is 5.73 Å². The topological polar surface area (TPSA) is 231 Å². The maximum atomic E-state index is 12.7. The molecule has 0 spiro atoms. The Morgan fingerprint density at radius 2 is 0.865 bits per heavy atom. The molecule has 4 rings (SSSR count). The van der Waals surface area contributed by atoms with Crippen molar-refractivity contribution >= 4 is 34.2 Å². The Labute approximate surface area is 518 Å². The number of carbonyl (C=O) groups is 4. The minimum atomic E-state index is -6.15. The van der Waals surface area contributed by atoms with Crippen LogP contribution in [-0.2, 0) is 52.3 Å². The van der Waals surface area contributed by atoms with E-state index in [1.54, 1.807) is 49.7 Å². The Balaban J connectivity index is 0. The molecule has 1 saturated carbocycles. The van der Waals surface area contributed by atoms with E-state index in [4.69, 9.17) is 34.2 Å². The molecule has 0 aromatic rings. The van der Waals surface area contributed by atoms with E-state index in [1.807, 2.05) is 41.5 Å². The van der Waals surface area contributed by atoms with E-state index in [2.05, 4.69) is 14.2 Å². The summed E-state index contributed by atoms with van der Waals surface area (Å²) in [5.74, 6) is 0.227. The number of methoxy groups -OCH3 is 4. The summed E-state index contributed by atoms with van der Waals surface area (Å²) in [6.45, 7) is 19.7. The average molecular weight is 1340 g/mol. The number of rotatable bonds is 18. The summed E-state index contributed by atoms with van der Waals surface area (Å²) in [6, 6.07) is 0.370. The van der Waals surface area contributed by atoms with Gasteiger partial charge in [-0.25, -0.2) is 14.4 Å². The van der Waals surface area contributed by atoms with Gasteiger partial charge in [0.15, 0.2) is 6.61 Å². The number of nitrogens with zero attached hydrogens (tertiary/aromatic N) is 5. The first-order valence-corrected chi connectivity index (χ1v) is 30.6. The number of hydrogen-bond donors (Lipinski definition) is 2. The maximum absolute atomic E-state index is 12.7. The monoisotopic (exact) mass is 1340 g/mol. The molecule has 530 valence electrons. The molecule has 3 aliphatic heterocycles. The van der Waals surface area contributed by atoms with Gasteiger partial charge < -0.3 is 58.9 Å². The van der Waals surface area contributed by atoms with Crippen LogP contribution in [0.15, 0.2) is 0 Å². The summed E-state index contributed by atoms with van der Waals surface area (Å²) in [6.07, 6.45) is -5.50. The fourth-order valence-corrected chi connectivity index (χ4v) is 8.82. The van der Waals surface area contributed by atoms with Crippen molar-refractivity contribution in [3.05, 3.63) is 0 Å². The van der Waals surface area contributed by atoms with Crippen molar-refractivity contribution in [3.63, 3.8) is 0 Å². The number of halogens is 12. The van der Waals surface area contributed by atoms with Crippen molar-refractivity contribution in [3.8, 4) is 0 Å². The zero-order valence-electron chi connectivity index (χ0n) is 54.0. The molecular formula is C55H101F12N7O14S. The van der Waals surface area contributed by atoms with Crippen LogP contribution >= 0.6 is 0 Å². The number of carbonyl (C=O) groups excluding carboxylic acids is 4. The molecule has 3 saturated heterocycles. The van der Waals surface area contributed by atoms with Crippen molar-refractivity contribution in [2.45, 2.75) is 192 Å². The zero-order valence-corrected chi connectivity index (χ0v) is 54.8. The predicted molar refractivity (Wildman–Crippen MR) is 307 cm³/mol. The highest BCUT2D eigenvalue weighted by atomic mass is 32.2. The van der Waals surface area contributed by atoms with Gasteiger partial charge in [0, 0.05) is 125 Å². The largest absolute Gasteiger partial charge is 0.523 e. The molecule has 0 aromatic carbocycles.